The fraction of sp³-hybridized carbons (Fsp3) is 0.316. The second kappa shape index (κ2) is 8.22. The van der Waals surface area contributed by atoms with Crippen LogP contribution in [0.2, 0.25) is 0 Å². The number of rotatable bonds is 7. The number of hydrogen-bond acceptors (Lipinski definition) is 3. The topological polar surface area (TPSA) is 47.6 Å². The lowest BCUT2D eigenvalue weighted by atomic mass is 10.1. The molecule has 4 heteroatoms. The molecule has 0 saturated heterocycles. The van der Waals surface area contributed by atoms with Crippen LogP contribution in [0.3, 0.4) is 0 Å². The number of nitrogens with one attached hydrogen (secondary N) is 1. The van der Waals surface area contributed by atoms with Crippen molar-refractivity contribution < 1.29 is 14.3 Å². The molecule has 0 saturated carbocycles. The summed E-state index contributed by atoms with van der Waals surface area (Å²) in [6.45, 7) is 6.36. The van der Waals surface area contributed by atoms with Crippen LogP contribution in [0.25, 0.3) is 0 Å². The zero-order chi connectivity index (χ0) is 16.7. The summed E-state index contributed by atoms with van der Waals surface area (Å²) in [5, 5.41) is 2.85. The fourth-order valence-corrected chi connectivity index (χ4v) is 2.20. The van der Waals surface area contributed by atoms with E-state index in [1.54, 1.807) is 6.92 Å². The molecule has 0 heterocycles. The zero-order valence-corrected chi connectivity index (χ0v) is 13.8. The van der Waals surface area contributed by atoms with Crippen molar-refractivity contribution >= 4 is 11.6 Å². The molecule has 4 nitrogen and oxygen atoms in total. The predicted octanol–water partition coefficient (Wildman–Crippen LogP) is 4.05. The standard InChI is InChI=1S/C19H23NO3/c1-4-15-8-6-7-9-18(15)23-14(3)19(21)20-16-10-12-17(13-11-16)22-5-2/h6-14H,4-5H2,1-3H3,(H,20,21). The van der Waals surface area contributed by atoms with E-state index in [9.17, 15) is 4.79 Å². The van der Waals surface area contributed by atoms with Gasteiger partial charge in [-0.1, -0.05) is 25.1 Å². The van der Waals surface area contributed by atoms with Gasteiger partial charge < -0.3 is 14.8 Å². The number of aryl methyl sites for hydroxylation is 1. The Morgan fingerprint density at radius 1 is 1.09 bits per heavy atom. The van der Waals surface area contributed by atoms with Gasteiger partial charge in [0.15, 0.2) is 6.10 Å². The molecule has 0 radical (unpaired) electrons. The van der Waals surface area contributed by atoms with E-state index < -0.39 is 6.10 Å². The van der Waals surface area contributed by atoms with Gasteiger partial charge in [0.05, 0.1) is 6.61 Å². The molecule has 2 aromatic rings. The number of hydrogen-bond donors (Lipinski definition) is 1. The molecule has 0 aliphatic rings. The van der Waals surface area contributed by atoms with E-state index in [0.717, 1.165) is 29.2 Å². The quantitative estimate of drug-likeness (QED) is 0.838. The fourth-order valence-electron chi connectivity index (χ4n) is 2.20. The highest BCUT2D eigenvalue weighted by Gasteiger charge is 2.16. The molecule has 1 atom stereocenters. The van der Waals surface area contributed by atoms with Crippen molar-refractivity contribution in [3.05, 3.63) is 54.1 Å². The molecule has 0 fully saturated rings. The average Bonchev–Trinajstić information content (AvgIpc) is 2.57. The highest BCUT2D eigenvalue weighted by molar-refractivity contribution is 5.94. The van der Waals surface area contributed by atoms with Crippen molar-refractivity contribution in [3.8, 4) is 11.5 Å². The van der Waals surface area contributed by atoms with Crippen LogP contribution in [0, 0.1) is 0 Å². The van der Waals surface area contributed by atoms with Crippen LogP contribution in [0.4, 0.5) is 5.69 Å². The summed E-state index contributed by atoms with van der Waals surface area (Å²) in [4.78, 5) is 12.3. The van der Waals surface area contributed by atoms with Crippen molar-refractivity contribution in [1.82, 2.24) is 0 Å². The van der Waals surface area contributed by atoms with E-state index >= 15 is 0 Å². The third-order valence-electron chi connectivity index (χ3n) is 3.46. The monoisotopic (exact) mass is 313 g/mol. The first-order valence-electron chi connectivity index (χ1n) is 7.92. The molecule has 122 valence electrons. The van der Waals surface area contributed by atoms with Gasteiger partial charge in [0, 0.05) is 5.69 Å². The van der Waals surface area contributed by atoms with Crippen molar-refractivity contribution in [1.29, 1.82) is 0 Å². The summed E-state index contributed by atoms with van der Waals surface area (Å²) in [5.74, 6) is 1.36. The lowest BCUT2D eigenvalue weighted by Gasteiger charge is -2.17. The maximum atomic E-state index is 12.3. The Balaban J connectivity index is 1.97. The van der Waals surface area contributed by atoms with Crippen LogP contribution >= 0.6 is 0 Å². The predicted molar refractivity (Wildman–Crippen MR) is 92.2 cm³/mol. The second-order valence-corrected chi connectivity index (χ2v) is 5.17. The van der Waals surface area contributed by atoms with E-state index in [1.807, 2.05) is 55.5 Å². The SMILES string of the molecule is CCOc1ccc(NC(=O)C(C)Oc2ccccc2CC)cc1. The molecule has 1 amide bonds. The molecular weight excluding hydrogens is 290 g/mol. The average molecular weight is 313 g/mol. The number of ether oxygens (including phenoxy) is 2. The summed E-state index contributed by atoms with van der Waals surface area (Å²) in [6.07, 6.45) is 0.290. The number of carbonyl (C=O) groups excluding carboxylic acids is 1. The first-order chi connectivity index (χ1) is 11.1. The first-order valence-corrected chi connectivity index (χ1v) is 7.92. The molecule has 2 aromatic carbocycles. The largest absolute Gasteiger partial charge is 0.494 e. The summed E-state index contributed by atoms with van der Waals surface area (Å²) in [5.41, 5.74) is 1.81. The van der Waals surface area contributed by atoms with E-state index in [-0.39, 0.29) is 5.91 Å². The number of amides is 1. The van der Waals surface area contributed by atoms with E-state index in [0.29, 0.717) is 6.61 Å². The van der Waals surface area contributed by atoms with Crippen molar-refractivity contribution in [3.63, 3.8) is 0 Å². The number of benzene rings is 2. The third kappa shape index (κ3) is 4.74. The molecule has 1 unspecified atom stereocenters. The maximum Gasteiger partial charge on any atom is 0.265 e. The maximum absolute atomic E-state index is 12.3. The summed E-state index contributed by atoms with van der Waals surface area (Å²) >= 11 is 0. The number of carbonyl (C=O) groups is 1. The Labute approximate surface area is 137 Å². The molecule has 0 aliphatic heterocycles. The van der Waals surface area contributed by atoms with Crippen LogP contribution in [0.15, 0.2) is 48.5 Å². The van der Waals surface area contributed by atoms with Gasteiger partial charge >= 0.3 is 0 Å². The molecule has 0 spiro atoms. The van der Waals surface area contributed by atoms with Crippen LogP contribution in [0.1, 0.15) is 26.3 Å². The van der Waals surface area contributed by atoms with Gasteiger partial charge in [-0.15, -0.1) is 0 Å². The Morgan fingerprint density at radius 2 is 1.78 bits per heavy atom. The Kier molecular flexibility index (Phi) is 6.03. The normalized spacial score (nSPS) is 11.6. The van der Waals surface area contributed by atoms with Gasteiger partial charge in [0.25, 0.3) is 5.91 Å². The summed E-state index contributed by atoms with van der Waals surface area (Å²) < 4.78 is 11.2. The highest BCUT2D eigenvalue weighted by atomic mass is 16.5. The zero-order valence-electron chi connectivity index (χ0n) is 13.8. The molecule has 23 heavy (non-hydrogen) atoms. The molecule has 0 aliphatic carbocycles. The summed E-state index contributed by atoms with van der Waals surface area (Å²) in [7, 11) is 0. The number of anilines is 1. The van der Waals surface area contributed by atoms with E-state index in [1.165, 1.54) is 0 Å². The van der Waals surface area contributed by atoms with Crippen LogP contribution in [-0.4, -0.2) is 18.6 Å². The van der Waals surface area contributed by atoms with Gasteiger partial charge in [-0.2, -0.15) is 0 Å². The molecular formula is C19H23NO3. The van der Waals surface area contributed by atoms with Crippen LogP contribution in [0.5, 0.6) is 11.5 Å². The highest BCUT2D eigenvalue weighted by Crippen LogP contribution is 2.20. The Morgan fingerprint density at radius 3 is 2.43 bits per heavy atom. The third-order valence-corrected chi connectivity index (χ3v) is 3.46. The minimum Gasteiger partial charge on any atom is -0.494 e. The number of para-hydroxylation sites is 1. The lowest BCUT2D eigenvalue weighted by molar-refractivity contribution is -0.122. The molecule has 0 bridgehead atoms. The van der Waals surface area contributed by atoms with Gasteiger partial charge in [0.2, 0.25) is 0 Å². The van der Waals surface area contributed by atoms with E-state index in [4.69, 9.17) is 9.47 Å². The molecule has 0 aromatic heterocycles. The summed E-state index contributed by atoms with van der Waals surface area (Å²) in [6, 6.07) is 15.1. The first kappa shape index (κ1) is 16.9. The van der Waals surface area contributed by atoms with Gasteiger partial charge in [-0.25, -0.2) is 0 Å². The second-order valence-electron chi connectivity index (χ2n) is 5.17. The van der Waals surface area contributed by atoms with Crippen LogP contribution < -0.4 is 14.8 Å². The van der Waals surface area contributed by atoms with E-state index in [2.05, 4.69) is 12.2 Å². The van der Waals surface area contributed by atoms with Gasteiger partial charge in [-0.05, 0) is 56.2 Å². The minimum absolute atomic E-state index is 0.180. The van der Waals surface area contributed by atoms with Crippen LogP contribution in [-0.2, 0) is 11.2 Å². The van der Waals surface area contributed by atoms with Gasteiger partial charge in [0.1, 0.15) is 11.5 Å². The lowest BCUT2D eigenvalue weighted by Crippen LogP contribution is -2.30. The smallest absolute Gasteiger partial charge is 0.265 e. The Bertz CT molecular complexity index is 637. The van der Waals surface area contributed by atoms with Crippen molar-refractivity contribution in [2.45, 2.75) is 33.3 Å². The molecule has 2 rings (SSSR count). The van der Waals surface area contributed by atoms with Crippen molar-refractivity contribution in [2.75, 3.05) is 11.9 Å². The van der Waals surface area contributed by atoms with Gasteiger partial charge in [-0.3, -0.25) is 4.79 Å². The molecule has 1 N–H and O–H groups in total. The Hall–Kier alpha value is -2.49. The van der Waals surface area contributed by atoms with Crippen molar-refractivity contribution in [2.24, 2.45) is 0 Å². The minimum atomic E-state index is -0.575.